The first-order valence-corrected chi connectivity index (χ1v) is 7.34. The molecule has 1 aliphatic rings. The van der Waals surface area contributed by atoms with Crippen molar-refractivity contribution in [2.45, 2.75) is 33.2 Å². The van der Waals surface area contributed by atoms with Gasteiger partial charge in [-0.25, -0.2) is 4.39 Å². The van der Waals surface area contributed by atoms with E-state index in [1.165, 1.54) is 18.9 Å². The van der Waals surface area contributed by atoms with Gasteiger partial charge >= 0.3 is 7.12 Å². The zero-order chi connectivity index (χ0) is 14.7. The van der Waals surface area contributed by atoms with E-state index in [0.717, 1.165) is 24.9 Å². The van der Waals surface area contributed by atoms with Crippen molar-refractivity contribution in [2.75, 3.05) is 13.1 Å². The molecule has 0 spiro atoms. The van der Waals surface area contributed by atoms with Crippen molar-refractivity contribution < 1.29 is 14.4 Å². The van der Waals surface area contributed by atoms with E-state index >= 15 is 0 Å². The molecule has 0 atom stereocenters. The van der Waals surface area contributed by atoms with E-state index in [1.54, 1.807) is 12.1 Å². The van der Waals surface area contributed by atoms with E-state index in [4.69, 9.17) is 10.0 Å². The zero-order valence-corrected chi connectivity index (χ0v) is 12.2. The molecular formula is C15H23BFNO2. The van der Waals surface area contributed by atoms with Crippen LogP contribution in [-0.4, -0.2) is 35.2 Å². The van der Waals surface area contributed by atoms with Gasteiger partial charge in [0.2, 0.25) is 0 Å². The second kappa shape index (κ2) is 6.70. The molecule has 2 N–H and O–H groups in total. The summed E-state index contributed by atoms with van der Waals surface area (Å²) in [5.41, 5.74) is 0.821. The monoisotopic (exact) mass is 279 g/mol. The van der Waals surface area contributed by atoms with Crippen molar-refractivity contribution in [3.8, 4) is 0 Å². The molecule has 0 bridgehead atoms. The third kappa shape index (κ3) is 3.81. The number of benzene rings is 1. The summed E-state index contributed by atoms with van der Waals surface area (Å²) < 4.78 is 13.9. The van der Waals surface area contributed by atoms with Crippen LogP contribution < -0.4 is 5.46 Å². The van der Waals surface area contributed by atoms with Crippen molar-refractivity contribution in [2.24, 2.45) is 11.8 Å². The van der Waals surface area contributed by atoms with Crippen LogP contribution in [0.15, 0.2) is 18.2 Å². The summed E-state index contributed by atoms with van der Waals surface area (Å²) in [6.45, 7) is 7.13. The molecule has 1 aromatic rings. The van der Waals surface area contributed by atoms with Gasteiger partial charge in [-0.15, -0.1) is 0 Å². The van der Waals surface area contributed by atoms with Gasteiger partial charge in [-0.05, 0) is 49.3 Å². The van der Waals surface area contributed by atoms with Gasteiger partial charge in [0.15, 0.2) is 0 Å². The second-order valence-corrected chi connectivity index (χ2v) is 6.08. The molecule has 0 unspecified atom stereocenters. The highest BCUT2D eigenvalue weighted by Crippen LogP contribution is 2.25. The Labute approximate surface area is 120 Å². The second-order valence-electron chi connectivity index (χ2n) is 6.08. The molecule has 20 heavy (non-hydrogen) atoms. The van der Waals surface area contributed by atoms with Gasteiger partial charge in [0, 0.05) is 12.1 Å². The van der Waals surface area contributed by atoms with E-state index in [-0.39, 0.29) is 11.3 Å². The maximum absolute atomic E-state index is 13.9. The van der Waals surface area contributed by atoms with Crippen LogP contribution in [0.2, 0.25) is 0 Å². The fourth-order valence-corrected chi connectivity index (χ4v) is 2.87. The largest absolute Gasteiger partial charge is 0.488 e. The molecule has 1 aromatic carbocycles. The Morgan fingerprint density at radius 2 is 1.95 bits per heavy atom. The van der Waals surface area contributed by atoms with Crippen LogP contribution >= 0.6 is 0 Å². The molecule has 1 heterocycles. The Kier molecular flexibility index (Phi) is 5.19. The van der Waals surface area contributed by atoms with Crippen molar-refractivity contribution in [1.82, 2.24) is 4.90 Å². The van der Waals surface area contributed by atoms with Crippen molar-refractivity contribution in [3.63, 3.8) is 0 Å². The molecule has 0 aromatic heterocycles. The van der Waals surface area contributed by atoms with Gasteiger partial charge in [0.1, 0.15) is 5.82 Å². The summed E-state index contributed by atoms with van der Waals surface area (Å²) in [5, 5.41) is 18.0. The van der Waals surface area contributed by atoms with Crippen LogP contribution in [0, 0.1) is 17.7 Å². The van der Waals surface area contributed by atoms with E-state index in [1.807, 2.05) is 0 Å². The van der Waals surface area contributed by atoms with E-state index < -0.39 is 7.12 Å². The standard InChI is InChI=1S/C15H23BFNO2/c1-11(2)12-5-7-18(8-6-12)10-13-3-4-14(16(19)20)9-15(13)17/h3-4,9,11-12,19-20H,5-8,10H2,1-2H3. The van der Waals surface area contributed by atoms with Gasteiger partial charge in [0.25, 0.3) is 0 Å². The number of rotatable bonds is 4. The number of halogens is 1. The molecule has 1 fully saturated rings. The Bertz CT molecular complexity index is 445. The molecule has 0 radical (unpaired) electrons. The SMILES string of the molecule is CC(C)C1CCN(Cc2ccc(B(O)O)cc2F)CC1. The summed E-state index contributed by atoms with van der Waals surface area (Å²) in [5.74, 6) is 1.14. The first-order chi connectivity index (χ1) is 9.47. The fraction of sp³-hybridized carbons (Fsp3) is 0.600. The molecule has 1 saturated heterocycles. The molecule has 0 aliphatic carbocycles. The van der Waals surface area contributed by atoms with E-state index in [0.29, 0.717) is 12.1 Å². The highest BCUT2D eigenvalue weighted by Gasteiger charge is 2.22. The van der Waals surface area contributed by atoms with Crippen LogP contribution in [0.5, 0.6) is 0 Å². The Morgan fingerprint density at radius 3 is 2.45 bits per heavy atom. The van der Waals surface area contributed by atoms with Gasteiger partial charge < -0.3 is 10.0 Å². The molecule has 110 valence electrons. The van der Waals surface area contributed by atoms with Gasteiger partial charge in [-0.1, -0.05) is 26.0 Å². The Hall–Kier alpha value is -0.905. The van der Waals surface area contributed by atoms with E-state index in [2.05, 4.69) is 18.7 Å². The third-order valence-corrected chi connectivity index (χ3v) is 4.34. The minimum Gasteiger partial charge on any atom is -0.423 e. The van der Waals surface area contributed by atoms with Crippen molar-refractivity contribution in [3.05, 3.63) is 29.6 Å². The van der Waals surface area contributed by atoms with E-state index in [9.17, 15) is 4.39 Å². The lowest BCUT2D eigenvalue weighted by molar-refractivity contribution is 0.150. The summed E-state index contributed by atoms with van der Waals surface area (Å²) in [6.07, 6.45) is 2.35. The number of likely N-dealkylation sites (tertiary alicyclic amines) is 1. The van der Waals surface area contributed by atoms with Gasteiger partial charge in [-0.3, -0.25) is 4.90 Å². The van der Waals surface area contributed by atoms with Gasteiger partial charge in [-0.2, -0.15) is 0 Å². The summed E-state index contributed by atoms with van der Waals surface area (Å²) >= 11 is 0. The van der Waals surface area contributed by atoms with Crippen molar-refractivity contribution in [1.29, 1.82) is 0 Å². The molecule has 3 nitrogen and oxygen atoms in total. The average molecular weight is 279 g/mol. The van der Waals surface area contributed by atoms with Gasteiger partial charge in [0.05, 0.1) is 0 Å². The maximum atomic E-state index is 13.9. The van der Waals surface area contributed by atoms with Crippen LogP contribution in [0.4, 0.5) is 4.39 Å². The molecule has 1 aliphatic heterocycles. The van der Waals surface area contributed by atoms with Crippen LogP contribution in [0.25, 0.3) is 0 Å². The predicted octanol–water partition coefficient (Wildman–Crippen LogP) is 1.37. The quantitative estimate of drug-likeness (QED) is 0.818. The molecule has 2 rings (SSSR count). The highest BCUT2D eigenvalue weighted by atomic mass is 19.1. The number of hydrogen-bond acceptors (Lipinski definition) is 3. The van der Waals surface area contributed by atoms with Crippen molar-refractivity contribution >= 4 is 12.6 Å². The first-order valence-electron chi connectivity index (χ1n) is 7.34. The minimum atomic E-state index is -1.61. The lowest BCUT2D eigenvalue weighted by atomic mass is 9.80. The Balaban J connectivity index is 1.94. The summed E-state index contributed by atoms with van der Waals surface area (Å²) in [4.78, 5) is 2.27. The normalized spacial score (nSPS) is 17.7. The topological polar surface area (TPSA) is 43.7 Å². The number of nitrogens with zero attached hydrogens (tertiary/aromatic N) is 1. The number of piperidine rings is 1. The van der Waals surface area contributed by atoms with Crippen LogP contribution in [0.3, 0.4) is 0 Å². The average Bonchev–Trinajstić information content (AvgIpc) is 2.41. The van der Waals surface area contributed by atoms with Crippen LogP contribution in [0.1, 0.15) is 32.3 Å². The first kappa shape index (κ1) is 15.5. The highest BCUT2D eigenvalue weighted by molar-refractivity contribution is 6.58. The van der Waals surface area contributed by atoms with Crippen LogP contribution in [-0.2, 0) is 6.54 Å². The third-order valence-electron chi connectivity index (χ3n) is 4.34. The smallest absolute Gasteiger partial charge is 0.423 e. The molecular weight excluding hydrogens is 256 g/mol. The summed E-state index contributed by atoms with van der Waals surface area (Å²) in [6, 6.07) is 4.43. The molecule has 0 saturated carbocycles. The number of hydrogen-bond donors (Lipinski definition) is 2. The zero-order valence-electron chi connectivity index (χ0n) is 12.2. The Morgan fingerprint density at radius 1 is 1.30 bits per heavy atom. The minimum absolute atomic E-state index is 0.199. The lowest BCUT2D eigenvalue weighted by Gasteiger charge is -2.33. The lowest BCUT2D eigenvalue weighted by Crippen LogP contribution is -2.35. The molecule has 0 amide bonds. The summed E-state index contributed by atoms with van der Waals surface area (Å²) in [7, 11) is -1.61. The fourth-order valence-electron chi connectivity index (χ4n) is 2.87. The predicted molar refractivity (Wildman–Crippen MR) is 79.1 cm³/mol. The maximum Gasteiger partial charge on any atom is 0.488 e. The molecule has 5 heteroatoms.